The molecule has 0 aliphatic heterocycles. The summed E-state index contributed by atoms with van der Waals surface area (Å²) in [4.78, 5) is 8.87. The van der Waals surface area contributed by atoms with E-state index in [1.807, 2.05) is 0 Å². The lowest BCUT2D eigenvalue weighted by atomic mass is 10.1. The van der Waals surface area contributed by atoms with Crippen molar-refractivity contribution in [2.24, 2.45) is 5.92 Å². The molecule has 1 rings (SSSR count). The number of halogens is 1. The molecule has 0 radical (unpaired) electrons. The average molecular weight is 302 g/mol. The number of nitrogen functional groups attached to an aromatic ring is 1. The van der Waals surface area contributed by atoms with Crippen LogP contribution in [0, 0.1) is 5.92 Å². The number of methoxy groups -OCH3 is 1. The molecule has 0 bridgehead atoms. The van der Waals surface area contributed by atoms with Gasteiger partial charge in [0.15, 0.2) is 5.82 Å². The SMILES string of the molecule is COC(c1nc(N)c(Br)c(C(C)C)n1)C(C)C. The van der Waals surface area contributed by atoms with Crippen molar-refractivity contribution in [2.45, 2.75) is 39.7 Å². The lowest BCUT2D eigenvalue weighted by molar-refractivity contribution is 0.0573. The summed E-state index contributed by atoms with van der Waals surface area (Å²) in [6.45, 7) is 8.30. The first-order valence-corrected chi connectivity index (χ1v) is 6.53. The largest absolute Gasteiger partial charge is 0.383 e. The third kappa shape index (κ3) is 3.16. The van der Waals surface area contributed by atoms with E-state index >= 15 is 0 Å². The van der Waals surface area contributed by atoms with Gasteiger partial charge < -0.3 is 10.5 Å². The van der Waals surface area contributed by atoms with Crippen molar-refractivity contribution in [2.75, 3.05) is 12.8 Å². The van der Waals surface area contributed by atoms with Crippen LogP contribution in [0.4, 0.5) is 5.82 Å². The lowest BCUT2D eigenvalue weighted by Crippen LogP contribution is -2.16. The summed E-state index contributed by atoms with van der Waals surface area (Å²) in [6.07, 6.45) is -0.122. The fourth-order valence-electron chi connectivity index (χ4n) is 1.69. The van der Waals surface area contributed by atoms with Crippen LogP contribution in [0.1, 0.15) is 51.2 Å². The Labute approximate surface area is 111 Å². The third-order valence-electron chi connectivity index (χ3n) is 2.58. The maximum atomic E-state index is 5.90. The van der Waals surface area contributed by atoms with E-state index in [0.29, 0.717) is 17.6 Å². The van der Waals surface area contributed by atoms with Gasteiger partial charge in [-0.25, -0.2) is 9.97 Å². The number of aromatic nitrogens is 2. The molecular formula is C12H20BrN3O. The Morgan fingerprint density at radius 2 is 1.76 bits per heavy atom. The van der Waals surface area contributed by atoms with Crippen molar-refractivity contribution >= 4 is 21.7 Å². The summed E-state index contributed by atoms with van der Waals surface area (Å²) in [7, 11) is 1.67. The average Bonchev–Trinajstić information content (AvgIpc) is 2.22. The van der Waals surface area contributed by atoms with Gasteiger partial charge in [0.1, 0.15) is 11.9 Å². The highest BCUT2D eigenvalue weighted by atomic mass is 79.9. The third-order valence-corrected chi connectivity index (χ3v) is 3.39. The summed E-state index contributed by atoms with van der Waals surface area (Å²) in [5, 5.41) is 0. The van der Waals surface area contributed by atoms with Crippen molar-refractivity contribution in [1.29, 1.82) is 0 Å². The molecule has 96 valence electrons. The van der Waals surface area contributed by atoms with Gasteiger partial charge in [0.2, 0.25) is 0 Å². The van der Waals surface area contributed by atoms with E-state index in [4.69, 9.17) is 10.5 Å². The highest BCUT2D eigenvalue weighted by Crippen LogP contribution is 2.30. The van der Waals surface area contributed by atoms with Crippen LogP contribution in [0.5, 0.6) is 0 Å². The molecule has 0 aliphatic rings. The number of hydrogen-bond donors (Lipinski definition) is 1. The van der Waals surface area contributed by atoms with Gasteiger partial charge in [-0.3, -0.25) is 0 Å². The number of nitrogens with zero attached hydrogens (tertiary/aromatic N) is 2. The van der Waals surface area contributed by atoms with Crippen molar-refractivity contribution in [3.05, 3.63) is 16.0 Å². The molecule has 0 saturated carbocycles. The molecule has 0 aromatic carbocycles. The van der Waals surface area contributed by atoms with Crippen LogP contribution in [0.15, 0.2) is 4.47 Å². The van der Waals surface area contributed by atoms with Crippen LogP contribution < -0.4 is 5.73 Å². The number of anilines is 1. The molecule has 0 aliphatic carbocycles. The van der Waals surface area contributed by atoms with E-state index in [-0.39, 0.29) is 12.0 Å². The predicted octanol–water partition coefficient (Wildman–Crippen LogP) is 3.29. The van der Waals surface area contributed by atoms with Crippen LogP contribution in [-0.4, -0.2) is 17.1 Å². The summed E-state index contributed by atoms with van der Waals surface area (Å²) in [6, 6.07) is 0. The van der Waals surface area contributed by atoms with Crippen molar-refractivity contribution < 1.29 is 4.74 Å². The smallest absolute Gasteiger partial charge is 0.160 e. The second-order valence-corrected chi connectivity index (χ2v) is 5.51. The summed E-state index contributed by atoms with van der Waals surface area (Å²) < 4.78 is 6.22. The molecule has 0 saturated heterocycles. The zero-order valence-electron chi connectivity index (χ0n) is 11.0. The Kier molecular flexibility index (Phi) is 4.89. The van der Waals surface area contributed by atoms with E-state index < -0.39 is 0 Å². The van der Waals surface area contributed by atoms with Crippen LogP contribution in [0.2, 0.25) is 0 Å². The molecule has 0 amide bonds. The number of hydrogen-bond acceptors (Lipinski definition) is 4. The molecule has 1 aromatic heterocycles. The first-order valence-electron chi connectivity index (χ1n) is 5.74. The van der Waals surface area contributed by atoms with Crippen molar-refractivity contribution in [3.8, 4) is 0 Å². The Balaban J connectivity index is 3.26. The van der Waals surface area contributed by atoms with Crippen molar-refractivity contribution in [3.63, 3.8) is 0 Å². The first-order chi connectivity index (χ1) is 7.88. The molecule has 0 fully saturated rings. The first kappa shape index (κ1) is 14.4. The molecule has 0 spiro atoms. The lowest BCUT2D eigenvalue weighted by Gasteiger charge is -2.20. The van der Waals surface area contributed by atoms with Crippen LogP contribution in [0.3, 0.4) is 0 Å². The standard InChI is InChI=1S/C12H20BrN3O/c1-6(2)9-8(13)11(14)16-12(15-9)10(17-5)7(3)4/h6-7,10H,1-5H3,(H2,14,15,16). The Morgan fingerprint density at radius 1 is 1.18 bits per heavy atom. The Bertz CT molecular complexity index is 394. The second-order valence-electron chi connectivity index (χ2n) is 4.72. The minimum absolute atomic E-state index is 0.122. The second kappa shape index (κ2) is 5.78. The maximum Gasteiger partial charge on any atom is 0.160 e. The fourth-order valence-corrected chi connectivity index (χ4v) is 2.32. The summed E-state index contributed by atoms with van der Waals surface area (Å²) >= 11 is 3.43. The molecule has 5 heteroatoms. The van der Waals surface area contributed by atoms with Gasteiger partial charge in [-0.15, -0.1) is 0 Å². The normalized spacial score (nSPS) is 13.4. The molecule has 2 N–H and O–H groups in total. The van der Waals surface area contributed by atoms with Crippen LogP contribution in [-0.2, 0) is 4.74 Å². The zero-order chi connectivity index (χ0) is 13.2. The number of rotatable bonds is 4. The minimum Gasteiger partial charge on any atom is -0.383 e. The van der Waals surface area contributed by atoms with E-state index in [1.54, 1.807) is 7.11 Å². The molecule has 1 heterocycles. The van der Waals surface area contributed by atoms with Gasteiger partial charge in [0.05, 0.1) is 10.2 Å². The molecular weight excluding hydrogens is 282 g/mol. The highest BCUT2D eigenvalue weighted by molar-refractivity contribution is 9.10. The topological polar surface area (TPSA) is 61.0 Å². The van der Waals surface area contributed by atoms with E-state index in [1.165, 1.54) is 0 Å². The zero-order valence-corrected chi connectivity index (χ0v) is 12.6. The quantitative estimate of drug-likeness (QED) is 0.927. The molecule has 17 heavy (non-hydrogen) atoms. The monoisotopic (exact) mass is 301 g/mol. The van der Waals surface area contributed by atoms with Crippen LogP contribution >= 0.6 is 15.9 Å². The van der Waals surface area contributed by atoms with E-state index in [9.17, 15) is 0 Å². The van der Waals surface area contributed by atoms with E-state index in [2.05, 4.69) is 53.6 Å². The maximum absolute atomic E-state index is 5.90. The van der Waals surface area contributed by atoms with Gasteiger partial charge in [0, 0.05) is 7.11 Å². The Morgan fingerprint density at radius 3 is 2.18 bits per heavy atom. The van der Waals surface area contributed by atoms with Crippen molar-refractivity contribution in [1.82, 2.24) is 9.97 Å². The minimum atomic E-state index is -0.122. The van der Waals surface area contributed by atoms with Gasteiger partial charge in [-0.1, -0.05) is 27.7 Å². The van der Waals surface area contributed by atoms with Gasteiger partial charge in [-0.2, -0.15) is 0 Å². The van der Waals surface area contributed by atoms with Crippen LogP contribution in [0.25, 0.3) is 0 Å². The van der Waals surface area contributed by atoms with Gasteiger partial charge in [0.25, 0.3) is 0 Å². The summed E-state index contributed by atoms with van der Waals surface area (Å²) in [5.74, 6) is 1.73. The molecule has 4 nitrogen and oxygen atoms in total. The predicted molar refractivity (Wildman–Crippen MR) is 72.8 cm³/mol. The van der Waals surface area contributed by atoms with E-state index in [0.717, 1.165) is 10.2 Å². The molecule has 1 atom stereocenters. The number of nitrogens with two attached hydrogens (primary N) is 1. The summed E-state index contributed by atoms with van der Waals surface area (Å²) in [5.41, 5.74) is 6.82. The Hall–Kier alpha value is -0.680. The fraction of sp³-hybridized carbons (Fsp3) is 0.667. The molecule has 1 unspecified atom stereocenters. The number of ether oxygens (including phenoxy) is 1. The molecule has 1 aromatic rings. The van der Waals surface area contributed by atoms with Gasteiger partial charge >= 0.3 is 0 Å². The van der Waals surface area contributed by atoms with Gasteiger partial charge in [-0.05, 0) is 27.8 Å². The highest BCUT2D eigenvalue weighted by Gasteiger charge is 2.21.